The second-order valence-electron chi connectivity index (χ2n) is 13.7. The van der Waals surface area contributed by atoms with Gasteiger partial charge in [-0.2, -0.15) is 0 Å². The van der Waals surface area contributed by atoms with Crippen LogP contribution in [0.5, 0.6) is 0 Å². The van der Waals surface area contributed by atoms with Crippen LogP contribution in [0.25, 0.3) is 0 Å². The predicted molar refractivity (Wildman–Crippen MR) is 172 cm³/mol. The van der Waals surface area contributed by atoms with Gasteiger partial charge in [0.15, 0.2) is 0 Å². The fourth-order valence-electron chi connectivity index (χ4n) is 6.76. The molecule has 1 N–H and O–H groups in total. The van der Waals surface area contributed by atoms with Crippen LogP contribution in [0.15, 0.2) is 86.0 Å². The van der Waals surface area contributed by atoms with Crippen molar-refractivity contribution in [2.24, 2.45) is 11.8 Å². The lowest BCUT2D eigenvalue weighted by Crippen LogP contribution is -2.67. The fourth-order valence-corrected chi connectivity index (χ4v) is 11.3. The molecule has 4 rings (SSSR count). The van der Waals surface area contributed by atoms with Crippen molar-refractivity contribution in [3.8, 4) is 0 Å². The molecule has 226 valence electrons. The third-order valence-electron chi connectivity index (χ3n) is 8.54. The van der Waals surface area contributed by atoms with E-state index in [1.165, 1.54) is 10.4 Å². The van der Waals surface area contributed by atoms with Crippen LogP contribution in [0, 0.1) is 11.8 Å². The first-order valence-corrected chi connectivity index (χ1v) is 17.0. The maximum absolute atomic E-state index is 14.3. The van der Waals surface area contributed by atoms with E-state index in [-0.39, 0.29) is 23.0 Å². The Bertz CT molecular complexity index is 1210. The number of benzene rings is 2. The molecule has 1 aliphatic carbocycles. The summed E-state index contributed by atoms with van der Waals surface area (Å²) in [5, 5.41) is 5.09. The normalized spacial score (nSPS) is 22.6. The van der Waals surface area contributed by atoms with Crippen molar-refractivity contribution in [1.82, 2.24) is 10.2 Å². The van der Waals surface area contributed by atoms with E-state index in [1.807, 2.05) is 43.9 Å². The van der Waals surface area contributed by atoms with E-state index in [2.05, 4.69) is 87.8 Å². The second-order valence-corrected chi connectivity index (χ2v) is 18.0. The summed E-state index contributed by atoms with van der Waals surface area (Å²) >= 11 is 0. The van der Waals surface area contributed by atoms with Gasteiger partial charge < -0.3 is 19.4 Å². The Labute approximate surface area is 253 Å². The van der Waals surface area contributed by atoms with Crippen molar-refractivity contribution in [3.05, 3.63) is 86.0 Å². The first kappa shape index (κ1) is 31.8. The highest BCUT2D eigenvalue weighted by Crippen LogP contribution is 2.55. The van der Waals surface area contributed by atoms with Crippen LogP contribution in [0.1, 0.15) is 60.8 Å². The molecule has 2 aliphatic rings. The average Bonchev–Trinajstić information content (AvgIpc) is 3.65. The number of nitrogens with zero attached hydrogens (tertiary/aromatic N) is 1. The molecule has 7 heteroatoms. The molecule has 0 spiro atoms. The van der Waals surface area contributed by atoms with Gasteiger partial charge in [-0.05, 0) is 67.3 Å². The van der Waals surface area contributed by atoms with Gasteiger partial charge in [0, 0.05) is 6.04 Å². The Hall–Kier alpha value is -3.16. The summed E-state index contributed by atoms with van der Waals surface area (Å²) in [6.07, 6.45) is 5.06. The molecule has 1 saturated heterocycles. The number of ether oxygens (including phenoxy) is 1. The average molecular weight is 589 g/mol. The summed E-state index contributed by atoms with van der Waals surface area (Å²) in [5.41, 5.74) is -0.668. The van der Waals surface area contributed by atoms with Crippen LogP contribution >= 0.6 is 0 Å². The van der Waals surface area contributed by atoms with Crippen molar-refractivity contribution < 1.29 is 18.8 Å². The van der Waals surface area contributed by atoms with Gasteiger partial charge in [0.1, 0.15) is 11.6 Å². The number of hydrogen-bond acceptors (Lipinski definition) is 4. The summed E-state index contributed by atoms with van der Waals surface area (Å²) in [6.45, 7) is 20.5. The van der Waals surface area contributed by atoms with Gasteiger partial charge in [0.2, 0.25) is 5.91 Å². The van der Waals surface area contributed by atoms with E-state index in [0.717, 1.165) is 6.42 Å². The summed E-state index contributed by atoms with van der Waals surface area (Å²) in [5.74, 6) is 0.657. The highest BCUT2D eigenvalue weighted by atomic mass is 28.4. The van der Waals surface area contributed by atoms with Crippen molar-refractivity contribution in [1.29, 1.82) is 0 Å². The molecule has 6 nitrogen and oxygen atoms in total. The molecule has 5 atom stereocenters. The lowest BCUT2D eigenvalue weighted by Gasteiger charge is -2.45. The number of carbonyl (C=O) groups is 2. The highest BCUT2D eigenvalue weighted by molar-refractivity contribution is 6.99. The van der Waals surface area contributed by atoms with Gasteiger partial charge in [-0.25, -0.2) is 4.79 Å². The molecule has 42 heavy (non-hydrogen) atoms. The van der Waals surface area contributed by atoms with Crippen LogP contribution in [0.2, 0.25) is 5.04 Å². The van der Waals surface area contributed by atoms with Crippen LogP contribution < -0.4 is 15.7 Å². The third-order valence-corrected chi connectivity index (χ3v) is 13.5. The number of rotatable bonds is 11. The maximum Gasteiger partial charge on any atom is 0.408 e. The van der Waals surface area contributed by atoms with Gasteiger partial charge in [-0.3, -0.25) is 4.79 Å². The smallest absolute Gasteiger partial charge is 0.408 e. The van der Waals surface area contributed by atoms with E-state index >= 15 is 0 Å². The molecule has 1 aliphatic heterocycles. The molecule has 2 fully saturated rings. The van der Waals surface area contributed by atoms with E-state index in [0.29, 0.717) is 31.3 Å². The van der Waals surface area contributed by atoms with E-state index in [1.54, 1.807) is 6.08 Å². The number of likely N-dealkylation sites (tertiary alicyclic amines) is 1. The van der Waals surface area contributed by atoms with Gasteiger partial charge >= 0.3 is 6.09 Å². The Kier molecular flexibility index (Phi) is 9.53. The van der Waals surface area contributed by atoms with Crippen LogP contribution in [-0.2, 0) is 14.0 Å². The molecule has 2 aromatic rings. The second kappa shape index (κ2) is 12.6. The first-order valence-electron chi connectivity index (χ1n) is 15.1. The van der Waals surface area contributed by atoms with Crippen LogP contribution in [-0.4, -0.2) is 55.6 Å². The molecule has 0 radical (unpaired) electrons. The molecule has 0 bridgehead atoms. The standard InChI is InChI=1S/C35H48N2O4Si/c1-9-17-29(36-33(39)41-34(3,4)5)32(38)37-30(18-10-2)27-23-28(27)31(37)24-40-42(35(6,7)8,25-19-13-11-14-20-25)26-21-15-12-16-22-26/h9-16,19-22,27-31H,1-2,17-18,23-24H2,3-8H3,(H,36,39)/t27?,28?,29-,30?,31+/m0/s1. The summed E-state index contributed by atoms with van der Waals surface area (Å²) in [6, 6.07) is 20.3. The predicted octanol–water partition coefficient (Wildman–Crippen LogP) is 5.82. The number of fused-ring (bicyclic) bond motifs is 1. The molecule has 1 saturated carbocycles. The zero-order valence-corrected chi connectivity index (χ0v) is 27.1. The third kappa shape index (κ3) is 6.57. The molecular weight excluding hydrogens is 540 g/mol. The van der Waals surface area contributed by atoms with Crippen LogP contribution in [0.3, 0.4) is 0 Å². The maximum atomic E-state index is 14.3. The zero-order valence-electron chi connectivity index (χ0n) is 26.1. The van der Waals surface area contributed by atoms with Crippen molar-refractivity contribution in [3.63, 3.8) is 0 Å². The molecule has 3 unspecified atom stereocenters. The minimum Gasteiger partial charge on any atom is -0.444 e. The van der Waals surface area contributed by atoms with Gasteiger partial charge in [0.25, 0.3) is 8.32 Å². The Morgan fingerprint density at radius 2 is 1.48 bits per heavy atom. The van der Waals surface area contributed by atoms with Gasteiger partial charge in [-0.1, -0.05) is 93.6 Å². The summed E-state index contributed by atoms with van der Waals surface area (Å²) in [7, 11) is -2.79. The van der Waals surface area contributed by atoms with Crippen molar-refractivity contribution in [2.75, 3.05) is 6.61 Å². The summed E-state index contributed by atoms with van der Waals surface area (Å²) < 4.78 is 12.8. The summed E-state index contributed by atoms with van der Waals surface area (Å²) in [4.78, 5) is 29.0. The molecular formula is C35H48N2O4Si. The van der Waals surface area contributed by atoms with E-state index in [4.69, 9.17) is 9.16 Å². The van der Waals surface area contributed by atoms with E-state index < -0.39 is 26.1 Å². The number of amides is 2. The monoisotopic (exact) mass is 588 g/mol. The Morgan fingerprint density at radius 1 is 0.929 bits per heavy atom. The topological polar surface area (TPSA) is 67.9 Å². The number of carbonyl (C=O) groups excluding carboxylic acids is 2. The largest absolute Gasteiger partial charge is 0.444 e. The van der Waals surface area contributed by atoms with E-state index in [9.17, 15) is 9.59 Å². The fraction of sp³-hybridized carbons (Fsp3) is 0.486. The quantitative estimate of drug-likeness (QED) is 0.265. The minimum absolute atomic E-state index is 0.0282. The van der Waals surface area contributed by atoms with Crippen LogP contribution in [0.4, 0.5) is 4.79 Å². The lowest BCUT2D eigenvalue weighted by molar-refractivity contribution is -0.138. The Balaban J connectivity index is 1.69. The number of alkyl carbamates (subject to hydrolysis) is 1. The number of hydrogen-bond donors (Lipinski definition) is 1. The van der Waals surface area contributed by atoms with Crippen molar-refractivity contribution in [2.45, 2.75) is 89.6 Å². The first-order chi connectivity index (χ1) is 19.8. The van der Waals surface area contributed by atoms with Gasteiger partial charge in [-0.15, -0.1) is 13.2 Å². The zero-order chi connectivity index (χ0) is 30.7. The SMILES string of the molecule is C=CCC1C2CC2[C@@H](CO[Si](c2ccccc2)(c2ccccc2)C(C)(C)C)N1C(=O)[C@H](CC=C)NC(=O)OC(C)(C)C. The molecule has 0 aromatic heterocycles. The molecule has 1 heterocycles. The number of nitrogens with one attached hydrogen (secondary N) is 1. The molecule has 2 amide bonds. The molecule has 2 aromatic carbocycles. The van der Waals surface area contributed by atoms with Gasteiger partial charge in [0.05, 0.1) is 12.6 Å². The lowest BCUT2D eigenvalue weighted by atomic mass is 10.1. The number of piperidine rings is 1. The highest BCUT2D eigenvalue weighted by Gasteiger charge is 2.61. The van der Waals surface area contributed by atoms with Crippen molar-refractivity contribution >= 4 is 30.7 Å². The minimum atomic E-state index is -2.79. The Morgan fingerprint density at radius 3 is 1.95 bits per heavy atom.